The minimum Gasteiger partial charge on any atom is -0.314 e. The average molecular weight is 347 g/mol. The first kappa shape index (κ1) is 18.5. The van der Waals surface area contributed by atoms with Crippen LogP contribution in [0.15, 0.2) is 18.2 Å². The van der Waals surface area contributed by atoms with Gasteiger partial charge in [-0.1, -0.05) is 23.7 Å². The van der Waals surface area contributed by atoms with Crippen molar-refractivity contribution in [3.63, 3.8) is 0 Å². The van der Waals surface area contributed by atoms with Gasteiger partial charge in [0.2, 0.25) is 0 Å². The van der Waals surface area contributed by atoms with Gasteiger partial charge in [0.25, 0.3) is 0 Å². The molecule has 2 nitrogen and oxygen atoms in total. The fourth-order valence-electron chi connectivity index (χ4n) is 2.40. The molecule has 8 heteroatoms. The van der Waals surface area contributed by atoms with Crippen molar-refractivity contribution in [2.75, 3.05) is 32.9 Å². The molecule has 1 aliphatic rings. The molecule has 120 valence electrons. The highest BCUT2D eigenvalue weighted by Gasteiger charge is 2.35. The van der Waals surface area contributed by atoms with Crippen LogP contribution in [-0.4, -0.2) is 37.8 Å². The zero-order valence-corrected chi connectivity index (χ0v) is 12.7. The number of hydrogen-bond acceptors (Lipinski definition) is 2. The van der Waals surface area contributed by atoms with E-state index in [9.17, 15) is 17.6 Å². The van der Waals surface area contributed by atoms with E-state index in [-0.39, 0.29) is 18.0 Å². The molecule has 1 aromatic rings. The van der Waals surface area contributed by atoms with E-state index in [1.165, 1.54) is 12.1 Å². The van der Waals surface area contributed by atoms with E-state index in [0.717, 1.165) is 6.07 Å². The van der Waals surface area contributed by atoms with Crippen LogP contribution in [-0.2, 0) is 6.18 Å². The van der Waals surface area contributed by atoms with Gasteiger partial charge in [-0.3, -0.25) is 4.90 Å². The van der Waals surface area contributed by atoms with Crippen LogP contribution in [0.4, 0.5) is 17.6 Å². The molecule has 0 aliphatic carbocycles. The smallest absolute Gasteiger partial charge is 0.314 e. The zero-order valence-electron chi connectivity index (χ0n) is 11.1. The van der Waals surface area contributed by atoms with E-state index < -0.39 is 29.5 Å². The molecule has 1 saturated heterocycles. The van der Waals surface area contributed by atoms with Gasteiger partial charge in [0.05, 0.1) is 16.6 Å². The Morgan fingerprint density at radius 1 is 1.24 bits per heavy atom. The normalized spacial score (nSPS) is 18.1. The van der Waals surface area contributed by atoms with Crippen LogP contribution in [0.1, 0.15) is 17.2 Å². The highest BCUT2D eigenvalue weighted by Crippen LogP contribution is 2.39. The largest absolute Gasteiger partial charge is 0.417 e. The number of benzene rings is 1. The fourth-order valence-corrected chi connectivity index (χ4v) is 2.76. The molecule has 1 fully saturated rings. The topological polar surface area (TPSA) is 15.3 Å². The number of nitrogens with zero attached hydrogens (tertiary/aromatic N) is 1. The minimum absolute atomic E-state index is 0. The molecular weight excluding hydrogens is 331 g/mol. The summed E-state index contributed by atoms with van der Waals surface area (Å²) in [6.45, 7) is 1.78. The molecule has 1 N–H and O–H groups in total. The predicted molar refractivity (Wildman–Crippen MR) is 76.9 cm³/mol. The van der Waals surface area contributed by atoms with Crippen molar-refractivity contribution in [3.05, 3.63) is 34.3 Å². The maximum Gasteiger partial charge on any atom is 0.417 e. The number of rotatable bonds is 3. The highest BCUT2D eigenvalue weighted by molar-refractivity contribution is 6.32. The van der Waals surface area contributed by atoms with Gasteiger partial charge in [-0.25, -0.2) is 4.39 Å². The second kappa shape index (κ2) is 7.63. The predicted octanol–water partition coefficient (Wildman–Crippen LogP) is 3.70. The first-order valence-corrected chi connectivity index (χ1v) is 6.69. The number of piperazine rings is 1. The Labute approximate surface area is 131 Å². The third-order valence-corrected chi connectivity index (χ3v) is 3.85. The van der Waals surface area contributed by atoms with Gasteiger partial charge in [0.1, 0.15) is 6.67 Å². The molecule has 1 aromatic carbocycles. The lowest BCUT2D eigenvalue weighted by Gasteiger charge is -2.34. The molecule has 0 saturated carbocycles. The summed E-state index contributed by atoms with van der Waals surface area (Å²) in [6, 6.07) is 2.92. The molecule has 0 unspecified atom stereocenters. The Bertz CT molecular complexity index is 462. The standard InChI is InChI=1S/C13H15ClF4N2.ClH/c14-12-9(2-1-3-10(12)13(16,17)18)11(8-15)20-6-4-19-5-7-20;/h1-3,11,19H,4-8H2;1H/t11-;/m0./s1. The Kier molecular flexibility index (Phi) is 6.71. The molecule has 0 bridgehead atoms. The maximum atomic E-state index is 13.3. The second-order valence-electron chi connectivity index (χ2n) is 4.66. The van der Waals surface area contributed by atoms with Crippen molar-refractivity contribution < 1.29 is 17.6 Å². The van der Waals surface area contributed by atoms with Crippen LogP contribution < -0.4 is 5.32 Å². The maximum absolute atomic E-state index is 13.3. The Balaban J connectivity index is 0.00000220. The van der Waals surface area contributed by atoms with Crippen LogP contribution in [0.3, 0.4) is 0 Å². The van der Waals surface area contributed by atoms with Gasteiger partial charge in [-0.2, -0.15) is 13.2 Å². The van der Waals surface area contributed by atoms with Gasteiger partial charge in [0, 0.05) is 26.2 Å². The molecule has 0 spiro atoms. The first-order chi connectivity index (χ1) is 9.45. The van der Waals surface area contributed by atoms with E-state index >= 15 is 0 Å². The Hall–Kier alpha value is -0.560. The van der Waals surface area contributed by atoms with E-state index in [2.05, 4.69) is 5.32 Å². The summed E-state index contributed by atoms with van der Waals surface area (Å²) in [5.74, 6) is 0. The van der Waals surface area contributed by atoms with Crippen LogP contribution in [0, 0.1) is 0 Å². The molecule has 1 atom stereocenters. The van der Waals surface area contributed by atoms with Crippen molar-refractivity contribution in [2.24, 2.45) is 0 Å². The van der Waals surface area contributed by atoms with Crippen molar-refractivity contribution >= 4 is 24.0 Å². The van der Waals surface area contributed by atoms with Crippen molar-refractivity contribution in [3.8, 4) is 0 Å². The molecule has 0 aromatic heterocycles. The van der Waals surface area contributed by atoms with Crippen LogP contribution in [0.5, 0.6) is 0 Å². The van der Waals surface area contributed by atoms with E-state index in [1.54, 1.807) is 0 Å². The molecule has 1 heterocycles. The molecule has 0 amide bonds. The summed E-state index contributed by atoms with van der Waals surface area (Å²) >= 11 is 5.86. The number of nitrogens with one attached hydrogen (secondary N) is 1. The van der Waals surface area contributed by atoms with Gasteiger partial charge in [-0.05, 0) is 11.6 Å². The summed E-state index contributed by atoms with van der Waals surface area (Å²) in [4.78, 5) is 1.82. The van der Waals surface area contributed by atoms with Crippen molar-refractivity contribution in [1.29, 1.82) is 0 Å². The Morgan fingerprint density at radius 2 is 1.86 bits per heavy atom. The molecule has 2 rings (SSSR count). The first-order valence-electron chi connectivity index (χ1n) is 6.31. The summed E-state index contributed by atoms with van der Waals surface area (Å²) in [5.41, 5.74) is -0.712. The van der Waals surface area contributed by atoms with E-state index in [4.69, 9.17) is 11.6 Å². The fraction of sp³-hybridized carbons (Fsp3) is 0.538. The Morgan fingerprint density at radius 3 is 2.38 bits per heavy atom. The van der Waals surface area contributed by atoms with Gasteiger partial charge < -0.3 is 5.32 Å². The van der Waals surface area contributed by atoms with E-state index in [1.807, 2.05) is 4.90 Å². The van der Waals surface area contributed by atoms with Crippen molar-refractivity contribution in [1.82, 2.24) is 10.2 Å². The highest BCUT2D eigenvalue weighted by atomic mass is 35.5. The third kappa shape index (κ3) is 4.22. The van der Waals surface area contributed by atoms with Crippen LogP contribution in [0.2, 0.25) is 5.02 Å². The van der Waals surface area contributed by atoms with Gasteiger partial charge in [-0.15, -0.1) is 12.4 Å². The van der Waals surface area contributed by atoms with E-state index in [0.29, 0.717) is 26.2 Å². The molecule has 0 radical (unpaired) electrons. The van der Waals surface area contributed by atoms with Gasteiger partial charge >= 0.3 is 6.18 Å². The quantitative estimate of drug-likeness (QED) is 0.839. The third-order valence-electron chi connectivity index (χ3n) is 3.43. The van der Waals surface area contributed by atoms with Crippen LogP contribution in [0.25, 0.3) is 0 Å². The van der Waals surface area contributed by atoms with Crippen molar-refractivity contribution in [2.45, 2.75) is 12.2 Å². The summed E-state index contributed by atoms with van der Waals surface area (Å²) < 4.78 is 51.8. The summed E-state index contributed by atoms with van der Waals surface area (Å²) in [5, 5.41) is 2.72. The summed E-state index contributed by atoms with van der Waals surface area (Å²) in [6.07, 6.45) is -4.53. The lowest BCUT2D eigenvalue weighted by atomic mass is 10.0. The zero-order chi connectivity index (χ0) is 14.8. The summed E-state index contributed by atoms with van der Waals surface area (Å²) in [7, 11) is 0. The molecule has 21 heavy (non-hydrogen) atoms. The lowest BCUT2D eigenvalue weighted by molar-refractivity contribution is -0.137. The SMILES string of the molecule is Cl.FC[C@@H](c1cccc(C(F)(F)F)c1Cl)N1CCNCC1. The molecular formula is C13H16Cl2F4N2. The number of hydrogen-bond donors (Lipinski definition) is 1. The number of alkyl halides is 4. The minimum atomic E-state index is -4.53. The average Bonchev–Trinajstić information content (AvgIpc) is 2.41. The molecule has 1 aliphatic heterocycles. The number of halogens is 6. The monoisotopic (exact) mass is 346 g/mol. The lowest BCUT2D eigenvalue weighted by Crippen LogP contribution is -2.45. The van der Waals surface area contributed by atoms with Gasteiger partial charge in [0.15, 0.2) is 0 Å². The second-order valence-corrected chi connectivity index (χ2v) is 5.04. The van der Waals surface area contributed by atoms with Crippen LogP contribution >= 0.6 is 24.0 Å².